The standard InChI is InChI=1S/C24H18N2O2S/c1-17(27)26(22-9-3-2-4-10-22)24-25-21(16-29-24)13-14-23(28)20-12-11-18-7-5-6-8-19(18)15-20/h2-16H,1H3/b14-13+. The number of thiazole rings is 1. The molecule has 29 heavy (non-hydrogen) atoms. The van der Waals surface area contributed by atoms with Gasteiger partial charge in [0.1, 0.15) is 0 Å². The Hall–Kier alpha value is -3.57. The number of hydrogen-bond acceptors (Lipinski definition) is 4. The normalized spacial score (nSPS) is 11.1. The molecule has 0 unspecified atom stereocenters. The molecule has 0 fully saturated rings. The quantitative estimate of drug-likeness (QED) is 0.312. The van der Waals surface area contributed by atoms with Crippen molar-refractivity contribution in [3.8, 4) is 0 Å². The predicted octanol–water partition coefficient (Wildman–Crippen LogP) is 5.88. The number of benzene rings is 3. The number of allylic oxidation sites excluding steroid dienone is 1. The second kappa shape index (κ2) is 8.20. The van der Waals surface area contributed by atoms with Crippen molar-refractivity contribution in [1.82, 2.24) is 4.98 Å². The Morgan fingerprint density at radius 3 is 2.41 bits per heavy atom. The number of carbonyl (C=O) groups excluding carboxylic acids is 2. The summed E-state index contributed by atoms with van der Waals surface area (Å²) in [5.74, 6) is -0.204. The fourth-order valence-corrected chi connectivity index (χ4v) is 3.91. The lowest BCUT2D eigenvalue weighted by Crippen LogP contribution is -2.22. The Morgan fingerprint density at radius 2 is 1.66 bits per heavy atom. The smallest absolute Gasteiger partial charge is 0.230 e. The van der Waals surface area contributed by atoms with E-state index in [1.54, 1.807) is 11.0 Å². The third-order valence-electron chi connectivity index (χ3n) is 4.47. The summed E-state index contributed by atoms with van der Waals surface area (Å²) < 4.78 is 0. The van der Waals surface area contributed by atoms with Crippen LogP contribution in [0.3, 0.4) is 0 Å². The SMILES string of the molecule is CC(=O)N(c1ccccc1)c1nc(/C=C/C(=O)c2ccc3ccccc3c2)cs1. The van der Waals surface area contributed by atoms with Crippen LogP contribution in [0.4, 0.5) is 10.8 Å². The van der Waals surface area contributed by atoms with Gasteiger partial charge in [0.25, 0.3) is 0 Å². The Kier molecular flexibility index (Phi) is 5.31. The second-order valence-corrected chi connectivity index (χ2v) is 7.34. The van der Waals surface area contributed by atoms with Crippen molar-refractivity contribution in [3.05, 3.63) is 95.5 Å². The fourth-order valence-electron chi connectivity index (χ4n) is 3.06. The number of amides is 1. The Balaban J connectivity index is 1.55. The summed E-state index contributed by atoms with van der Waals surface area (Å²) >= 11 is 1.36. The number of anilines is 2. The molecule has 0 aliphatic heterocycles. The minimum absolute atomic E-state index is 0.0863. The zero-order valence-corrected chi connectivity index (χ0v) is 16.6. The molecule has 0 radical (unpaired) electrons. The number of carbonyl (C=O) groups is 2. The third kappa shape index (κ3) is 4.15. The van der Waals surface area contributed by atoms with E-state index in [1.807, 2.05) is 78.2 Å². The largest absolute Gasteiger partial charge is 0.289 e. The lowest BCUT2D eigenvalue weighted by atomic mass is 10.0. The van der Waals surface area contributed by atoms with Gasteiger partial charge in [0.2, 0.25) is 5.91 Å². The Bertz CT molecular complexity index is 1210. The zero-order chi connectivity index (χ0) is 20.2. The molecule has 4 aromatic rings. The molecule has 0 N–H and O–H groups in total. The maximum atomic E-state index is 12.6. The number of nitrogens with zero attached hydrogens (tertiary/aromatic N) is 2. The van der Waals surface area contributed by atoms with E-state index in [2.05, 4.69) is 4.98 Å². The van der Waals surface area contributed by atoms with Crippen LogP contribution >= 0.6 is 11.3 Å². The molecule has 0 bridgehead atoms. The topological polar surface area (TPSA) is 50.3 Å². The molecule has 1 amide bonds. The summed E-state index contributed by atoms with van der Waals surface area (Å²) in [7, 11) is 0. The summed E-state index contributed by atoms with van der Waals surface area (Å²) in [5.41, 5.74) is 2.03. The average Bonchev–Trinajstić information content (AvgIpc) is 3.20. The van der Waals surface area contributed by atoms with Gasteiger partial charge in [-0.3, -0.25) is 14.5 Å². The lowest BCUT2D eigenvalue weighted by Gasteiger charge is -2.17. The molecule has 0 aliphatic carbocycles. The minimum Gasteiger partial charge on any atom is -0.289 e. The molecule has 4 rings (SSSR count). The number of para-hydroxylation sites is 1. The first-order chi connectivity index (χ1) is 14.1. The molecule has 0 saturated carbocycles. The van der Waals surface area contributed by atoms with E-state index in [4.69, 9.17) is 0 Å². The monoisotopic (exact) mass is 398 g/mol. The van der Waals surface area contributed by atoms with Crippen LogP contribution in [0.5, 0.6) is 0 Å². The van der Waals surface area contributed by atoms with Crippen molar-refractivity contribution in [1.29, 1.82) is 0 Å². The molecular weight excluding hydrogens is 380 g/mol. The number of aromatic nitrogens is 1. The molecule has 0 atom stereocenters. The second-order valence-electron chi connectivity index (χ2n) is 6.50. The lowest BCUT2D eigenvalue weighted by molar-refractivity contribution is -0.115. The molecule has 0 spiro atoms. The first-order valence-corrected chi connectivity index (χ1v) is 10.0. The highest BCUT2D eigenvalue weighted by molar-refractivity contribution is 7.14. The van der Waals surface area contributed by atoms with Gasteiger partial charge in [0.05, 0.1) is 11.4 Å². The molecule has 3 aromatic carbocycles. The number of ketones is 1. The van der Waals surface area contributed by atoms with Gasteiger partial charge in [-0.25, -0.2) is 4.98 Å². The summed E-state index contributed by atoms with van der Waals surface area (Å²) in [4.78, 5) is 30.8. The maximum Gasteiger partial charge on any atom is 0.230 e. The van der Waals surface area contributed by atoms with E-state index in [-0.39, 0.29) is 11.7 Å². The van der Waals surface area contributed by atoms with Crippen molar-refractivity contribution in [2.75, 3.05) is 4.90 Å². The number of fused-ring (bicyclic) bond motifs is 1. The molecule has 1 aromatic heterocycles. The highest BCUT2D eigenvalue weighted by Gasteiger charge is 2.17. The van der Waals surface area contributed by atoms with E-state index in [1.165, 1.54) is 24.3 Å². The minimum atomic E-state index is -0.117. The van der Waals surface area contributed by atoms with Crippen LogP contribution in [0.2, 0.25) is 0 Å². The molecule has 4 nitrogen and oxygen atoms in total. The summed E-state index contributed by atoms with van der Waals surface area (Å²) in [5, 5.41) is 4.53. The van der Waals surface area contributed by atoms with Crippen molar-refractivity contribution in [2.45, 2.75) is 6.92 Å². The summed E-state index contributed by atoms with van der Waals surface area (Å²) in [6.07, 6.45) is 3.20. The van der Waals surface area contributed by atoms with Crippen molar-refractivity contribution < 1.29 is 9.59 Å². The summed E-state index contributed by atoms with van der Waals surface area (Å²) in [6.45, 7) is 1.51. The molecule has 0 aliphatic rings. The van der Waals surface area contributed by atoms with Gasteiger partial charge in [0.15, 0.2) is 10.9 Å². The van der Waals surface area contributed by atoms with Crippen molar-refractivity contribution >= 4 is 50.7 Å². The Labute approximate surface area is 172 Å². The first kappa shape index (κ1) is 18.8. The van der Waals surface area contributed by atoms with E-state index in [9.17, 15) is 9.59 Å². The number of hydrogen-bond donors (Lipinski definition) is 0. The van der Waals surface area contributed by atoms with E-state index in [0.29, 0.717) is 16.4 Å². The van der Waals surface area contributed by atoms with E-state index in [0.717, 1.165) is 16.5 Å². The molecule has 1 heterocycles. The molecule has 0 saturated heterocycles. The first-order valence-electron chi connectivity index (χ1n) is 9.14. The van der Waals surface area contributed by atoms with Gasteiger partial charge >= 0.3 is 0 Å². The molecular formula is C24H18N2O2S. The van der Waals surface area contributed by atoms with E-state index < -0.39 is 0 Å². The molecule has 5 heteroatoms. The van der Waals surface area contributed by atoms with Crippen LogP contribution in [0, 0.1) is 0 Å². The predicted molar refractivity (Wildman–Crippen MR) is 119 cm³/mol. The summed E-state index contributed by atoms with van der Waals surface area (Å²) in [6, 6.07) is 23.0. The van der Waals surface area contributed by atoms with Gasteiger partial charge in [0, 0.05) is 17.9 Å². The van der Waals surface area contributed by atoms with Gasteiger partial charge in [-0.15, -0.1) is 11.3 Å². The van der Waals surface area contributed by atoms with Crippen LogP contribution in [0.25, 0.3) is 16.8 Å². The molecule has 142 valence electrons. The van der Waals surface area contributed by atoms with Gasteiger partial charge in [-0.2, -0.15) is 0 Å². The van der Waals surface area contributed by atoms with Gasteiger partial charge in [-0.05, 0) is 41.1 Å². The Morgan fingerprint density at radius 1 is 0.931 bits per heavy atom. The van der Waals surface area contributed by atoms with Crippen LogP contribution in [0.15, 0.2) is 84.3 Å². The van der Waals surface area contributed by atoms with Crippen LogP contribution in [-0.4, -0.2) is 16.7 Å². The van der Waals surface area contributed by atoms with Crippen LogP contribution in [-0.2, 0) is 4.79 Å². The average molecular weight is 398 g/mol. The van der Waals surface area contributed by atoms with Gasteiger partial charge in [-0.1, -0.05) is 54.6 Å². The number of rotatable bonds is 5. The third-order valence-corrected chi connectivity index (χ3v) is 5.31. The van der Waals surface area contributed by atoms with Gasteiger partial charge < -0.3 is 0 Å². The highest BCUT2D eigenvalue weighted by Crippen LogP contribution is 2.29. The van der Waals surface area contributed by atoms with Crippen molar-refractivity contribution in [2.24, 2.45) is 0 Å². The van der Waals surface area contributed by atoms with Crippen LogP contribution in [0.1, 0.15) is 23.0 Å². The van der Waals surface area contributed by atoms with Crippen molar-refractivity contribution in [3.63, 3.8) is 0 Å². The highest BCUT2D eigenvalue weighted by atomic mass is 32.1. The maximum absolute atomic E-state index is 12.6. The van der Waals surface area contributed by atoms with Crippen LogP contribution < -0.4 is 4.90 Å². The van der Waals surface area contributed by atoms with E-state index >= 15 is 0 Å². The zero-order valence-electron chi connectivity index (χ0n) is 15.8. The fraction of sp³-hybridized carbons (Fsp3) is 0.0417.